The molecular weight excluding hydrogens is 387 g/mol. The molecule has 3 rings (SSSR count). The van der Waals surface area contributed by atoms with E-state index in [2.05, 4.69) is 109 Å². The molecule has 0 fully saturated rings. The normalized spacial score (nSPS) is 11.4. The van der Waals surface area contributed by atoms with Crippen LogP contribution in [0.15, 0.2) is 103 Å². The van der Waals surface area contributed by atoms with Gasteiger partial charge in [-0.15, -0.1) is 0 Å². The highest BCUT2D eigenvalue weighted by Gasteiger charge is 2.23. The van der Waals surface area contributed by atoms with Gasteiger partial charge >= 0.3 is 5.97 Å². The number of carbonyl (C=O) groups excluding carboxylic acids is 1. The Labute approximate surface area is 180 Å². The summed E-state index contributed by atoms with van der Waals surface area (Å²) >= 11 is 0. The van der Waals surface area contributed by atoms with Crippen LogP contribution in [0.5, 0.6) is 0 Å². The average molecular weight is 417 g/mol. The van der Waals surface area contributed by atoms with Crippen LogP contribution in [-0.2, 0) is 9.53 Å². The minimum atomic E-state index is -1.88. The summed E-state index contributed by atoms with van der Waals surface area (Å²) in [5.74, 6) is 2.36. The maximum Gasteiger partial charge on any atom is 0.305 e. The van der Waals surface area contributed by atoms with E-state index in [0.717, 1.165) is 19.3 Å². The van der Waals surface area contributed by atoms with Gasteiger partial charge in [-0.25, -0.2) is 0 Å². The van der Waals surface area contributed by atoms with E-state index in [1.165, 1.54) is 23.0 Å². The zero-order valence-corrected chi connectivity index (χ0v) is 18.4. The van der Waals surface area contributed by atoms with Crippen LogP contribution in [0.25, 0.3) is 0 Å². The minimum absolute atomic E-state index is 0.142. The van der Waals surface area contributed by atoms with Crippen LogP contribution in [0.1, 0.15) is 25.7 Å². The molecule has 0 N–H and O–H groups in total. The summed E-state index contributed by atoms with van der Waals surface area (Å²) in [4.78, 5) is 11.3. The van der Waals surface area contributed by atoms with Crippen LogP contribution in [0.4, 0.5) is 0 Å². The lowest BCUT2D eigenvalue weighted by Crippen LogP contribution is -2.26. The molecule has 0 radical (unpaired) electrons. The first kappa shape index (κ1) is 21.9. The van der Waals surface area contributed by atoms with Gasteiger partial charge in [0.2, 0.25) is 0 Å². The summed E-state index contributed by atoms with van der Waals surface area (Å²) in [6, 6.07) is 32.6. The highest BCUT2D eigenvalue weighted by atomic mass is 31.2. The Bertz CT molecular complexity index is 889. The van der Waals surface area contributed by atoms with Crippen LogP contribution < -0.4 is 15.9 Å². The molecule has 0 saturated heterocycles. The molecule has 154 valence electrons. The topological polar surface area (TPSA) is 26.3 Å². The third-order valence-electron chi connectivity index (χ3n) is 5.15. The number of rotatable bonds is 9. The second-order valence-electron chi connectivity index (χ2n) is 7.09. The molecule has 0 heterocycles. The predicted molar refractivity (Wildman–Crippen MR) is 131 cm³/mol. The third-order valence-corrected chi connectivity index (χ3v) is 9.25. The molecular formula is C27H29O2P. The van der Waals surface area contributed by atoms with E-state index in [-0.39, 0.29) is 5.97 Å². The molecule has 0 unspecified atom stereocenters. The zero-order valence-electron chi connectivity index (χ0n) is 17.5. The summed E-state index contributed by atoms with van der Waals surface area (Å²) in [7, 11) is 1.44. The Kier molecular flexibility index (Phi) is 8.30. The summed E-state index contributed by atoms with van der Waals surface area (Å²) in [5.41, 5.74) is 0. The van der Waals surface area contributed by atoms with Gasteiger partial charge in [0.25, 0.3) is 0 Å². The van der Waals surface area contributed by atoms with Crippen molar-refractivity contribution >= 4 is 34.6 Å². The molecule has 3 aromatic rings. The van der Waals surface area contributed by atoms with Gasteiger partial charge in [0.05, 0.1) is 7.11 Å². The molecule has 0 amide bonds. The lowest BCUT2D eigenvalue weighted by molar-refractivity contribution is -0.140. The fourth-order valence-electron chi connectivity index (χ4n) is 3.65. The maximum absolute atomic E-state index is 11.3. The second kappa shape index (κ2) is 11.4. The predicted octanol–water partition coefficient (Wildman–Crippen LogP) is 5.07. The molecule has 0 aromatic heterocycles. The van der Waals surface area contributed by atoms with Crippen molar-refractivity contribution in [2.75, 3.05) is 7.11 Å². The number of esters is 1. The van der Waals surface area contributed by atoms with Crippen LogP contribution in [0, 0.1) is 0 Å². The Hall–Kier alpha value is -2.83. The molecule has 0 atom stereocenters. The smallest absolute Gasteiger partial charge is 0.305 e. The monoisotopic (exact) mass is 416 g/mol. The number of hydrogen-bond donors (Lipinski definition) is 0. The van der Waals surface area contributed by atoms with E-state index >= 15 is 0 Å². The van der Waals surface area contributed by atoms with E-state index in [0.29, 0.717) is 6.42 Å². The highest BCUT2D eigenvalue weighted by molar-refractivity contribution is 7.94. The molecule has 0 aliphatic heterocycles. The van der Waals surface area contributed by atoms with Crippen LogP contribution in [0.3, 0.4) is 0 Å². The van der Waals surface area contributed by atoms with Crippen molar-refractivity contribution in [3.8, 4) is 0 Å². The van der Waals surface area contributed by atoms with E-state index < -0.39 is 6.89 Å². The van der Waals surface area contributed by atoms with Crippen LogP contribution in [-0.4, -0.2) is 18.9 Å². The molecule has 0 aliphatic carbocycles. The van der Waals surface area contributed by atoms with Gasteiger partial charge in [-0.05, 0) is 42.1 Å². The van der Waals surface area contributed by atoms with Crippen molar-refractivity contribution in [3.63, 3.8) is 0 Å². The Morgan fingerprint density at radius 1 is 0.767 bits per heavy atom. The Morgan fingerprint density at radius 3 is 1.67 bits per heavy atom. The number of benzene rings is 3. The quantitative estimate of drug-likeness (QED) is 0.211. The van der Waals surface area contributed by atoms with E-state index in [1.54, 1.807) is 0 Å². The first-order valence-corrected chi connectivity index (χ1v) is 12.2. The number of unbranched alkanes of at least 4 members (excludes halogenated alkanes) is 1. The fraction of sp³-hybridized carbons (Fsp3) is 0.185. The van der Waals surface area contributed by atoms with Gasteiger partial charge in [-0.1, -0.05) is 109 Å². The lowest BCUT2D eigenvalue weighted by atomic mass is 10.2. The van der Waals surface area contributed by atoms with Gasteiger partial charge in [0.1, 0.15) is 0 Å². The zero-order chi connectivity index (χ0) is 21.1. The first-order valence-electron chi connectivity index (χ1n) is 10.4. The number of allylic oxidation sites excluding steroid dienone is 2. The molecule has 30 heavy (non-hydrogen) atoms. The van der Waals surface area contributed by atoms with E-state index in [4.69, 9.17) is 4.74 Å². The van der Waals surface area contributed by atoms with Crippen molar-refractivity contribution in [2.24, 2.45) is 0 Å². The number of ether oxygens (including phenoxy) is 1. The molecule has 0 saturated carbocycles. The molecule has 3 heteroatoms. The van der Waals surface area contributed by atoms with Crippen LogP contribution in [0.2, 0.25) is 0 Å². The molecule has 3 aromatic carbocycles. The first-order chi connectivity index (χ1) is 14.8. The van der Waals surface area contributed by atoms with Gasteiger partial charge in [0, 0.05) is 6.42 Å². The Balaban J connectivity index is 1.97. The number of methoxy groups -OCH3 is 1. The SMILES string of the molecule is COC(=O)CCCC=CCC=P(c1ccccc1)(c1ccccc1)c1ccccc1. The standard InChI is InChI=1S/C27H29O2P/c1-29-27(28)22-14-3-2-4-15-23-30(24-16-8-5-9-17-24,25-18-10-6-11-19-25)26-20-12-7-13-21-26/h2,4-13,16-21,23H,3,14-15,22H2,1H3. The number of hydrogen-bond acceptors (Lipinski definition) is 2. The van der Waals surface area contributed by atoms with Gasteiger partial charge in [0.15, 0.2) is 0 Å². The van der Waals surface area contributed by atoms with Gasteiger partial charge in [-0.2, -0.15) is 0 Å². The second-order valence-corrected chi connectivity index (χ2v) is 10.4. The minimum Gasteiger partial charge on any atom is -0.469 e. The molecule has 0 aliphatic rings. The van der Waals surface area contributed by atoms with Crippen LogP contribution >= 0.6 is 6.89 Å². The van der Waals surface area contributed by atoms with E-state index in [9.17, 15) is 4.79 Å². The lowest BCUT2D eigenvalue weighted by Gasteiger charge is -2.28. The summed E-state index contributed by atoms with van der Waals surface area (Å²) in [5, 5.41) is 4.09. The highest BCUT2D eigenvalue weighted by Crippen LogP contribution is 2.43. The van der Waals surface area contributed by atoms with Gasteiger partial charge in [-0.3, -0.25) is 4.79 Å². The van der Waals surface area contributed by atoms with Crippen molar-refractivity contribution in [1.82, 2.24) is 0 Å². The largest absolute Gasteiger partial charge is 0.469 e. The maximum atomic E-state index is 11.3. The summed E-state index contributed by atoms with van der Waals surface area (Å²) < 4.78 is 4.70. The van der Waals surface area contributed by atoms with Crippen molar-refractivity contribution in [3.05, 3.63) is 103 Å². The van der Waals surface area contributed by atoms with E-state index in [1.807, 2.05) is 0 Å². The van der Waals surface area contributed by atoms with Crippen molar-refractivity contribution in [2.45, 2.75) is 25.7 Å². The summed E-state index contributed by atoms with van der Waals surface area (Å²) in [6.45, 7) is -1.88. The number of carbonyl (C=O) groups is 1. The average Bonchev–Trinajstić information content (AvgIpc) is 2.82. The van der Waals surface area contributed by atoms with Crippen molar-refractivity contribution < 1.29 is 9.53 Å². The Morgan fingerprint density at radius 2 is 1.23 bits per heavy atom. The van der Waals surface area contributed by atoms with Crippen molar-refractivity contribution in [1.29, 1.82) is 0 Å². The molecule has 2 nitrogen and oxygen atoms in total. The third kappa shape index (κ3) is 5.40. The van der Waals surface area contributed by atoms with Gasteiger partial charge < -0.3 is 4.74 Å². The summed E-state index contributed by atoms with van der Waals surface area (Å²) in [6.07, 6.45) is 7.45. The molecule has 0 bridgehead atoms. The fourth-order valence-corrected chi connectivity index (χ4v) is 7.54. The molecule has 0 spiro atoms.